The van der Waals surface area contributed by atoms with E-state index in [4.69, 9.17) is 16.6 Å². The van der Waals surface area contributed by atoms with E-state index in [2.05, 4.69) is 15.9 Å². The van der Waals surface area contributed by atoms with Crippen LogP contribution in [-0.2, 0) is 4.79 Å². The third-order valence-electron chi connectivity index (χ3n) is 4.30. The van der Waals surface area contributed by atoms with Crippen LogP contribution < -0.4 is 5.01 Å². The van der Waals surface area contributed by atoms with Gasteiger partial charge in [-0.1, -0.05) is 27.7 Å². The van der Waals surface area contributed by atoms with E-state index in [1.807, 2.05) is 26.0 Å². The highest BCUT2D eigenvalue weighted by molar-refractivity contribution is 9.10. The molecule has 0 radical (unpaired) electrons. The molecule has 3 heterocycles. The standard InChI is InChI=1S/C20H14BrFN2O2S2/c1-11-3-4-12(2)23(11)24-19(25)18(28-20(24)27)10-14-6-8-17(26-14)15-7-5-13(21)9-16(15)22/h3-10H,1-2H3/b18-10+. The normalized spacial score (nSPS) is 15.9. The molecule has 1 fully saturated rings. The van der Waals surface area contributed by atoms with E-state index in [1.54, 1.807) is 35.0 Å². The molecule has 0 unspecified atom stereocenters. The number of thiocarbonyl (C=S) groups is 1. The van der Waals surface area contributed by atoms with Gasteiger partial charge in [-0.15, -0.1) is 0 Å². The minimum absolute atomic E-state index is 0.217. The lowest BCUT2D eigenvalue weighted by Gasteiger charge is -2.20. The van der Waals surface area contributed by atoms with Gasteiger partial charge in [0.1, 0.15) is 17.3 Å². The maximum absolute atomic E-state index is 14.2. The van der Waals surface area contributed by atoms with Gasteiger partial charge in [0.2, 0.25) is 0 Å². The van der Waals surface area contributed by atoms with Crippen molar-refractivity contribution in [2.45, 2.75) is 13.8 Å². The molecule has 0 saturated carbocycles. The number of halogens is 2. The van der Waals surface area contributed by atoms with E-state index in [-0.39, 0.29) is 11.7 Å². The Morgan fingerprint density at radius 3 is 2.54 bits per heavy atom. The highest BCUT2D eigenvalue weighted by Crippen LogP contribution is 2.34. The number of hydrogen-bond acceptors (Lipinski definition) is 4. The van der Waals surface area contributed by atoms with Crippen LogP contribution in [0.25, 0.3) is 17.4 Å². The first kappa shape index (κ1) is 19.2. The van der Waals surface area contributed by atoms with Crippen LogP contribution in [0.1, 0.15) is 17.1 Å². The van der Waals surface area contributed by atoms with E-state index >= 15 is 0 Å². The van der Waals surface area contributed by atoms with Crippen molar-refractivity contribution < 1.29 is 13.6 Å². The summed E-state index contributed by atoms with van der Waals surface area (Å²) in [7, 11) is 0. The molecule has 0 spiro atoms. The predicted octanol–water partition coefficient (Wildman–Crippen LogP) is 5.80. The van der Waals surface area contributed by atoms with Gasteiger partial charge in [-0.25, -0.2) is 4.39 Å². The number of aryl methyl sites for hydroxylation is 2. The van der Waals surface area contributed by atoms with E-state index in [9.17, 15) is 9.18 Å². The Hall–Kier alpha value is -2.16. The third-order valence-corrected chi connectivity index (χ3v) is 6.08. The van der Waals surface area contributed by atoms with Crippen LogP contribution in [0.5, 0.6) is 0 Å². The first-order valence-electron chi connectivity index (χ1n) is 8.33. The van der Waals surface area contributed by atoms with Gasteiger partial charge in [0.05, 0.1) is 10.5 Å². The summed E-state index contributed by atoms with van der Waals surface area (Å²) in [5.41, 5.74) is 2.19. The lowest BCUT2D eigenvalue weighted by Crippen LogP contribution is -2.39. The number of aromatic nitrogens is 1. The van der Waals surface area contributed by atoms with Crippen molar-refractivity contribution in [2.75, 3.05) is 5.01 Å². The molecule has 1 aromatic carbocycles. The average molecular weight is 477 g/mol. The van der Waals surface area contributed by atoms with Gasteiger partial charge in [-0.2, -0.15) is 5.01 Å². The van der Waals surface area contributed by atoms with E-state index in [1.165, 1.54) is 22.8 Å². The molecule has 0 aliphatic carbocycles. The van der Waals surface area contributed by atoms with Gasteiger partial charge in [0, 0.05) is 21.9 Å². The summed E-state index contributed by atoms with van der Waals surface area (Å²) in [6.45, 7) is 3.83. The molecule has 8 heteroatoms. The van der Waals surface area contributed by atoms with Gasteiger partial charge in [0.25, 0.3) is 5.91 Å². The summed E-state index contributed by atoms with van der Waals surface area (Å²) in [4.78, 5) is 13.4. The minimum atomic E-state index is -0.389. The smallest absolute Gasteiger partial charge is 0.285 e. The Labute approximate surface area is 179 Å². The zero-order valence-corrected chi connectivity index (χ0v) is 18.1. The fourth-order valence-electron chi connectivity index (χ4n) is 3.00. The van der Waals surface area contributed by atoms with Gasteiger partial charge in [-0.3, -0.25) is 9.47 Å². The van der Waals surface area contributed by atoms with Crippen LogP contribution in [0.3, 0.4) is 0 Å². The molecule has 1 aliphatic heterocycles. The van der Waals surface area contributed by atoms with Gasteiger partial charge >= 0.3 is 0 Å². The predicted molar refractivity (Wildman–Crippen MR) is 117 cm³/mol. The zero-order chi connectivity index (χ0) is 20.0. The molecule has 1 amide bonds. The number of benzene rings is 1. The Bertz CT molecular complexity index is 1130. The van der Waals surface area contributed by atoms with Crippen molar-refractivity contribution >= 4 is 56.2 Å². The summed E-state index contributed by atoms with van der Waals surface area (Å²) in [6.07, 6.45) is 1.63. The highest BCUT2D eigenvalue weighted by atomic mass is 79.9. The molecule has 142 valence electrons. The molecule has 1 aliphatic rings. The third kappa shape index (κ3) is 3.36. The SMILES string of the molecule is Cc1ccc(C)n1N1C(=O)/C(=C\c2ccc(-c3ccc(Br)cc3F)o2)SC1=S. The Morgan fingerprint density at radius 1 is 1.14 bits per heavy atom. The highest BCUT2D eigenvalue weighted by Gasteiger charge is 2.35. The van der Waals surface area contributed by atoms with E-state index in [0.29, 0.717) is 30.8 Å². The van der Waals surface area contributed by atoms with E-state index < -0.39 is 0 Å². The molecular formula is C20H14BrFN2O2S2. The van der Waals surface area contributed by atoms with Crippen molar-refractivity contribution in [1.29, 1.82) is 0 Å². The molecule has 3 aromatic rings. The Kier molecular flexibility index (Phi) is 5.03. The molecule has 1 saturated heterocycles. The molecule has 0 bridgehead atoms. The monoisotopic (exact) mass is 476 g/mol. The van der Waals surface area contributed by atoms with Crippen molar-refractivity contribution in [3.63, 3.8) is 0 Å². The number of rotatable bonds is 3. The van der Waals surface area contributed by atoms with Gasteiger partial charge in [-0.05, 0) is 68.5 Å². The second-order valence-corrected chi connectivity index (χ2v) is 8.84. The Balaban J connectivity index is 1.65. The van der Waals surface area contributed by atoms with Crippen LogP contribution in [0.15, 0.2) is 56.3 Å². The Morgan fingerprint density at radius 2 is 1.86 bits per heavy atom. The van der Waals surface area contributed by atoms with Crippen molar-refractivity contribution in [2.24, 2.45) is 0 Å². The van der Waals surface area contributed by atoms with Crippen molar-refractivity contribution in [1.82, 2.24) is 4.68 Å². The molecular weight excluding hydrogens is 463 g/mol. The van der Waals surface area contributed by atoms with Crippen LogP contribution in [0.2, 0.25) is 0 Å². The number of amides is 1. The summed E-state index contributed by atoms with van der Waals surface area (Å²) in [6, 6.07) is 12.0. The van der Waals surface area contributed by atoms with Crippen molar-refractivity contribution in [3.05, 3.63) is 74.8 Å². The van der Waals surface area contributed by atoms with Crippen LogP contribution >= 0.6 is 39.9 Å². The quantitative estimate of drug-likeness (QED) is 0.353. The first-order valence-corrected chi connectivity index (χ1v) is 10.4. The molecule has 28 heavy (non-hydrogen) atoms. The largest absolute Gasteiger partial charge is 0.457 e. The lowest BCUT2D eigenvalue weighted by molar-refractivity contribution is -0.114. The fourth-order valence-corrected chi connectivity index (χ4v) is 4.56. The molecule has 0 N–H and O–H groups in total. The zero-order valence-electron chi connectivity index (χ0n) is 14.9. The van der Waals surface area contributed by atoms with Gasteiger partial charge < -0.3 is 4.42 Å². The number of hydrogen-bond donors (Lipinski definition) is 0. The maximum Gasteiger partial charge on any atom is 0.285 e. The van der Waals surface area contributed by atoms with Crippen molar-refractivity contribution in [3.8, 4) is 11.3 Å². The van der Waals surface area contributed by atoms with Gasteiger partial charge in [0.15, 0.2) is 4.32 Å². The maximum atomic E-state index is 14.2. The fraction of sp³-hybridized carbons (Fsp3) is 0.100. The number of carbonyl (C=O) groups is 1. The summed E-state index contributed by atoms with van der Waals surface area (Å²) >= 11 is 9.86. The van der Waals surface area contributed by atoms with Crippen LogP contribution in [0.4, 0.5) is 4.39 Å². The number of nitrogens with zero attached hydrogens (tertiary/aromatic N) is 2. The topological polar surface area (TPSA) is 38.4 Å². The summed E-state index contributed by atoms with van der Waals surface area (Å²) in [5.74, 6) is 0.243. The van der Waals surface area contributed by atoms with Crippen LogP contribution in [-0.4, -0.2) is 14.9 Å². The number of furan rings is 1. The number of thioether (sulfide) groups is 1. The number of carbonyl (C=O) groups excluding carboxylic acids is 1. The second-order valence-electron chi connectivity index (χ2n) is 6.25. The summed E-state index contributed by atoms with van der Waals surface area (Å²) in [5, 5.41) is 1.48. The van der Waals surface area contributed by atoms with E-state index in [0.717, 1.165) is 11.4 Å². The van der Waals surface area contributed by atoms with Crippen LogP contribution in [0, 0.1) is 19.7 Å². The minimum Gasteiger partial charge on any atom is -0.457 e. The molecule has 0 atom stereocenters. The molecule has 4 rings (SSSR count). The average Bonchev–Trinajstić information content (AvgIpc) is 3.29. The molecule has 4 nitrogen and oxygen atoms in total. The first-order chi connectivity index (χ1) is 13.3. The second kappa shape index (κ2) is 7.35. The summed E-state index contributed by atoms with van der Waals surface area (Å²) < 4.78 is 22.8. The lowest BCUT2D eigenvalue weighted by atomic mass is 10.1. The molecule has 2 aromatic heterocycles.